The van der Waals surface area contributed by atoms with Crippen molar-refractivity contribution >= 4 is 11.7 Å². The van der Waals surface area contributed by atoms with Crippen molar-refractivity contribution in [1.29, 1.82) is 0 Å². The molecule has 1 aromatic carbocycles. The molecule has 0 radical (unpaired) electrons. The standard InChI is InChI=1S/C18H27NO2/c1-17(2,3)14-10-13-9-12(7-8-15(13)19-11-14)16(20)21-18(4,5)6/h7-9,14,19H,10-11H2,1-6H3. The molecule has 1 atom stereocenters. The molecule has 0 fully saturated rings. The van der Waals surface area contributed by atoms with E-state index in [9.17, 15) is 4.79 Å². The normalized spacial score (nSPS) is 18.7. The Morgan fingerprint density at radius 2 is 1.86 bits per heavy atom. The molecule has 116 valence electrons. The largest absolute Gasteiger partial charge is 0.456 e. The second-order valence-electron chi connectivity index (χ2n) is 8.02. The van der Waals surface area contributed by atoms with E-state index in [4.69, 9.17) is 4.74 Å². The van der Waals surface area contributed by atoms with Crippen LogP contribution in [0.1, 0.15) is 57.5 Å². The van der Waals surface area contributed by atoms with E-state index in [0.29, 0.717) is 11.5 Å². The summed E-state index contributed by atoms with van der Waals surface area (Å²) in [4.78, 5) is 12.2. The number of carbonyl (C=O) groups excluding carboxylic acids is 1. The quantitative estimate of drug-likeness (QED) is 0.785. The van der Waals surface area contributed by atoms with E-state index in [0.717, 1.165) is 18.7 Å². The van der Waals surface area contributed by atoms with E-state index in [1.807, 2.05) is 39.0 Å². The number of rotatable bonds is 1. The number of hydrogen-bond donors (Lipinski definition) is 1. The highest BCUT2D eigenvalue weighted by atomic mass is 16.6. The van der Waals surface area contributed by atoms with Crippen LogP contribution in [0.25, 0.3) is 0 Å². The van der Waals surface area contributed by atoms with E-state index in [1.165, 1.54) is 5.56 Å². The topological polar surface area (TPSA) is 38.3 Å². The minimum absolute atomic E-state index is 0.247. The van der Waals surface area contributed by atoms with Crippen LogP contribution < -0.4 is 5.32 Å². The summed E-state index contributed by atoms with van der Waals surface area (Å²) in [7, 11) is 0. The summed E-state index contributed by atoms with van der Waals surface area (Å²) in [6, 6.07) is 5.82. The third-order valence-corrected chi connectivity index (χ3v) is 3.97. The first kappa shape index (κ1) is 15.9. The van der Waals surface area contributed by atoms with Crippen molar-refractivity contribution in [2.75, 3.05) is 11.9 Å². The van der Waals surface area contributed by atoms with Gasteiger partial charge in [-0.2, -0.15) is 0 Å². The Kier molecular flexibility index (Phi) is 4.05. The monoisotopic (exact) mass is 289 g/mol. The van der Waals surface area contributed by atoms with E-state index in [-0.39, 0.29) is 11.4 Å². The maximum atomic E-state index is 12.2. The lowest BCUT2D eigenvalue weighted by atomic mass is 9.75. The predicted octanol–water partition coefficient (Wildman–Crippen LogP) is 4.27. The maximum Gasteiger partial charge on any atom is 0.338 e. The summed E-state index contributed by atoms with van der Waals surface area (Å²) in [5.41, 5.74) is 2.79. The molecule has 2 rings (SSSR count). The van der Waals surface area contributed by atoms with E-state index >= 15 is 0 Å². The Hall–Kier alpha value is -1.51. The van der Waals surface area contributed by atoms with Gasteiger partial charge in [0.1, 0.15) is 5.60 Å². The SMILES string of the molecule is CC(C)(C)OC(=O)c1ccc2c(c1)CC(C(C)(C)C)CN2. The number of esters is 1. The van der Waals surface area contributed by atoms with Crippen LogP contribution in [-0.4, -0.2) is 18.1 Å². The van der Waals surface area contributed by atoms with Gasteiger partial charge in [-0.05, 0) is 62.3 Å². The molecule has 3 nitrogen and oxygen atoms in total. The van der Waals surface area contributed by atoms with Crippen LogP contribution in [0.4, 0.5) is 5.69 Å². The van der Waals surface area contributed by atoms with E-state index < -0.39 is 5.60 Å². The molecule has 0 aromatic heterocycles. The molecule has 1 N–H and O–H groups in total. The Morgan fingerprint density at radius 1 is 1.19 bits per heavy atom. The van der Waals surface area contributed by atoms with Gasteiger partial charge in [-0.3, -0.25) is 0 Å². The van der Waals surface area contributed by atoms with Gasteiger partial charge in [-0.25, -0.2) is 4.79 Å². The van der Waals surface area contributed by atoms with E-state index in [2.05, 4.69) is 26.1 Å². The fraction of sp³-hybridized carbons (Fsp3) is 0.611. The molecule has 1 aliphatic rings. The number of hydrogen-bond acceptors (Lipinski definition) is 3. The fourth-order valence-corrected chi connectivity index (χ4v) is 2.58. The van der Waals surface area contributed by atoms with Gasteiger partial charge in [0.2, 0.25) is 0 Å². The van der Waals surface area contributed by atoms with Crippen molar-refractivity contribution in [2.45, 2.75) is 53.6 Å². The Bertz CT molecular complexity index is 535. The molecule has 3 heteroatoms. The molecule has 0 saturated carbocycles. The van der Waals surface area contributed by atoms with Gasteiger partial charge in [0.15, 0.2) is 0 Å². The smallest absolute Gasteiger partial charge is 0.338 e. The van der Waals surface area contributed by atoms with Crippen molar-refractivity contribution in [3.63, 3.8) is 0 Å². The van der Waals surface area contributed by atoms with Gasteiger partial charge in [0, 0.05) is 12.2 Å². The zero-order chi connectivity index (χ0) is 15.8. The van der Waals surface area contributed by atoms with Gasteiger partial charge < -0.3 is 10.1 Å². The van der Waals surface area contributed by atoms with Crippen molar-refractivity contribution in [3.8, 4) is 0 Å². The van der Waals surface area contributed by atoms with Crippen molar-refractivity contribution in [3.05, 3.63) is 29.3 Å². The first-order valence-electron chi connectivity index (χ1n) is 7.66. The summed E-state index contributed by atoms with van der Waals surface area (Å²) < 4.78 is 5.45. The minimum Gasteiger partial charge on any atom is -0.456 e. The van der Waals surface area contributed by atoms with Crippen LogP contribution in [-0.2, 0) is 11.2 Å². The summed E-state index contributed by atoms with van der Waals surface area (Å²) in [5.74, 6) is 0.321. The molecule has 0 saturated heterocycles. The summed E-state index contributed by atoms with van der Waals surface area (Å²) in [5, 5.41) is 3.48. The van der Waals surface area contributed by atoms with Crippen LogP contribution in [0.15, 0.2) is 18.2 Å². The fourth-order valence-electron chi connectivity index (χ4n) is 2.58. The highest BCUT2D eigenvalue weighted by molar-refractivity contribution is 5.90. The Balaban J connectivity index is 2.21. The molecular weight excluding hydrogens is 262 g/mol. The van der Waals surface area contributed by atoms with E-state index in [1.54, 1.807) is 0 Å². The lowest BCUT2D eigenvalue weighted by Crippen LogP contribution is -2.33. The lowest BCUT2D eigenvalue weighted by Gasteiger charge is -2.35. The van der Waals surface area contributed by atoms with Crippen LogP contribution in [0, 0.1) is 11.3 Å². The van der Waals surface area contributed by atoms with Crippen LogP contribution in [0.5, 0.6) is 0 Å². The summed E-state index contributed by atoms with van der Waals surface area (Å²) in [6.07, 6.45) is 1.00. The van der Waals surface area contributed by atoms with Gasteiger partial charge in [-0.1, -0.05) is 20.8 Å². The minimum atomic E-state index is -0.459. The molecule has 0 amide bonds. The summed E-state index contributed by atoms with van der Waals surface area (Å²) in [6.45, 7) is 13.5. The molecule has 0 bridgehead atoms. The Morgan fingerprint density at radius 3 is 2.43 bits per heavy atom. The zero-order valence-corrected chi connectivity index (χ0v) is 14.0. The number of carbonyl (C=O) groups is 1. The number of ether oxygens (including phenoxy) is 1. The van der Waals surface area contributed by atoms with Crippen LogP contribution in [0.2, 0.25) is 0 Å². The van der Waals surface area contributed by atoms with Crippen molar-refractivity contribution in [1.82, 2.24) is 0 Å². The molecule has 0 spiro atoms. The van der Waals surface area contributed by atoms with Crippen LogP contribution >= 0.6 is 0 Å². The highest BCUT2D eigenvalue weighted by Gasteiger charge is 2.29. The summed E-state index contributed by atoms with van der Waals surface area (Å²) >= 11 is 0. The highest BCUT2D eigenvalue weighted by Crippen LogP contribution is 2.35. The molecule has 1 heterocycles. The van der Waals surface area contributed by atoms with Crippen molar-refractivity contribution < 1.29 is 9.53 Å². The van der Waals surface area contributed by atoms with Gasteiger partial charge in [0.05, 0.1) is 5.56 Å². The first-order valence-corrected chi connectivity index (χ1v) is 7.66. The molecule has 21 heavy (non-hydrogen) atoms. The average molecular weight is 289 g/mol. The number of benzene rings is 1. The molecule has 1 unspecified atom stereocenters. The maximum absolute atomic E-state index is 12.2. The zero-order valence-electron chi connectivity index (χ0n) is 14.0. The second kappa shape index (κ2) is 5.36. The van der Waals surface area contributed by atoms with Crippen LogP contribution in [0.3, 0.4) is 0 Å². The lowest BCUT2D eigenvalue weighted by molar-refractivity contribution is 0.00694. The molecule has 1 aromatic rings. The number of fused-ring (bicyclic) bond motifs is 1. The second-order valence-corrected chi connectivity index (χ2v) is 8.02. The number of nitrogens with one attached hydrogen (secondary N) is 1. The Labute approximate surface area is 128 Å². The first-order chi connectivity index (χ1) is 9.56. The van der Waals surface area contributed by atoms with Gasteiger partial charge in [0.25, 0.3) is 0 Å². The number of anilines is 1. The third-order valence-electron chi connectivity index (χ3n) is 3.97. The predicted molar refractivity (Wildman–Crippen MR) is 86.7 cm³/mol. The molecular formula is C18H27NO2. The molecule has 0 aliphatic carbocycles. The third kappa shape index (κ3) is 3.99. The molecule has 1 aliphatic heterocycles. The van der Waals surface area contributed by atoms with Crippen molar-refractivity contribution in [2.24, 2.45) is 11.3 Å². The van der Waals surface area contributed by atoms with Gasteiger partial charge in [-0.15, -0.1) is 0 Å². The van der Waals surface area contributed by atoms with Gasteiger partial charge >= 0.3 is 5.97 Å². The average Bonchev–Trinajstić information content (AvgIpc) is 2.34.